The van der Waals surface area contributed by atoms with E-state index in [0.717, 1.165) is 11.3 Å². The molecular formula is C18H24N6O2. The number of nitrogens with zero attached hydrogens (tertiary/aromatic N) is 2. The summed E-state index contributed by atoms with van der Waals surface area (Å²) in [5.41, 5.74) is 12.5. The van der Waals surface area contributed by atoms with Gasteiger partial charge in [0.25, 0.3) is 5.91 Å². The number of carbonyl (C=O) groups excluding carboxylic acids is 2. The summed E-state index contributed by atoms with van der Waals surface area (Å²) in [5.74, 6) is -0.483. The molecule has 138 valence electrons. The van der Waals surface area contributed by atoms with Crippen LogP contribution in [0.5, 0.6) is 0 Å². The number of nitrogens with two attached hydrogens (primary N) is 1. The number of hydrogen-bond acceptors (Lipinski definition) is 6. The van der Waals surface area contributed by atoms with Gasteiger partial charge >= 0.3 is 0 Å². The van der Waals surface area contributed by atoms with Gasteiger partial charge in [0.05, 0.1) is 0 Å². The molecule has 1 atom stereocenters. The standard InChI is InChI=1S/C18H24N6O2/c1-11(2)9-14(16(19)25)23-24-18(26)15-17(21-8-7-20-15)22-13-6-4-5-12(3)10-13/h4-8,10-11,14,23H,9H2,1-3H3,(H2,19,25)(H,21,22)(H,24,26). The fourth-order valence-corrected chi connectivity index (χ4v) is 2.38. The number of aryl methyl sites for hydroxylation is 1. The van der Waals surface area contributed by atoms with E-state index < -0.39 is 17.9 Å². The highest BCUT2D eigenvalue weighted by Gasteiger charge is 2.20. The molecule has 2 rings (SSSR count). The molecule has 0 fully saturated rings. The van der Waals surface area contributed by atoms with E-state index in [1.807, 2.05) is 45.0 Å². The van der Waals surface area contributed by atoms with Crippen LogP contribution in [-0.4, -0.2) is 27.8 Å². The van der Waals surface area contributed by atoms with Crippen LogP contribution in [0.25, 0.3) is 0 Å². The third-order valence-corrected chi connectivity index (χ3v) is 3.60. The maximum absolute atomic E-state index is 12.5. The van der Waals surface area contributed by atoms with Crippen LogP contribution in [0.1, 0.15) is 36.3 Å². The molecule has 0 bridgehead atoms. The number of benzene rings is 1. The molecule has 0 aliphatic rings. The molecule has 0 spiro atoms. The largest absolute Gasteiger partial charge is 0.368 e. The summed E-state index contributed by atoms with van der Waals surface area (Å²) in [5, 5.41) is 3.08. The number of anilines is 2. The average Bonchev–Trinajstić information content (AvgIpc) is 2.58. The third-order valence-electron chi connectivity index (χ3n) is 3.60. The van der Waals surface area contributed by atoms with Gasteiger partial charge < -0.3 is 11.1 Å². The van der Waals surface area contributed by atoms with Gasteiger partial charge in [-0.15, -0.1) is 0 Å². The molecule has 0 saturated heterocycles. The van der Waals surface area contributed by atoms with Gasteiger partial charge in [-0.1, -0.05) is 26.0 Å². The quantitative estimate of drug-likeness (QED) is 0.534. The molecule has 0 aliphatic carbocycles. The molecule has 2 aromatic rings. The Labute approximate surface area is 152 Å². The maximum atomic E-state index is 12.5. The lowest BCUT2D eigenvalue weighted by Crippen LogP contribution is -2.51. The van der Waals surface area contributed by atoms with Crippen molar-refractivity contribution < 1.29 is 9.59 Å². The van der Waals surface area contributed by atoms with Crippen molar-refractivity contribution in [3.63, 3.8) is 0 Å². The average molecular weight is 356 g/mol. The topological polar surface area (TPSA) is 122 Å². The Hall–Kier alpha value is -3.00. The first-order valence-electron chi connectivity index (χ1n) is 8.36. The Morgan fingerprint density at radius 2 is 1.92 bits per heavy atom. The van der Waals surface area contributed by atoms with Crippen LogP contribution in [-0.2, 0) is 4.79 Å². The van der Waals surface area contributed by atoms with Gasteiger partial charge in [0, 0.05) is 18.1 Å². The van der Waals surface area contributed by atoms with Crippen LogP contribution in [0.4, 0.5) is 11.5 Å². The Bertz CT molecular complexity index is 778. The Morgan fingerprint density at radius 3 is 2.58 bits per heavy atom. The summed E-state index contributed by atoms with van der Waals surface area (Å²) in [6.45, 7) is 5.90. The van der Waals surface area contributed by atoms with Crippen molar-refractivity contribution in [1.29, 1.82) is 0 Å². The first-order chi connectivity index (χ1) is 12.4. The Balaban J connectivity index is 2.10. The minimum atomic E-state index is -0.663. The van der Waals surface area contributed by atoms with Crippen LogP contribution in [0.15, 0.2) is 36.7 Å². The van der Waals surface area contributed by atoms with Gasteiger partial charge in [0.1, 0.15) is 6.04 Å². The molecule has 0 saturated carbocycles. The van der Waals surface area contributed by atoms with E-state index in [1.165, 1.54) is 12.4 Å². The minimum absolute atomic E-state index is 0.106. The van der Waals surface area contributed by atoms with Crippen molar-refractivity contribution in [1.82, 2.24) is 20.8 Å². The van der Waals surface area contributed by atoms with Crippen molar-refractivity contribution in [2.24, 2.45) is 11.7 Å². The smallest absolute Gasteiger partial charge is 0.287 e. The first kappa shape index (κ1) is 19.3. The van der Waals surface area contributed by atoms with E-state index in [4.69, 9.17) is 5.73 Å². The third kappa shape index (κ3) is 5.52. The normalized spacial score (nSPS) is 11.8. The number of amides is 2. The molecular weight excluding hydrogens is 332 g/mol. The predicted octanol–water partition coefficient (Wildman–Crippen LogP) is 1.66. The highest BCUT2D eigenvalue weighted by molar-refractivity contribution is 5.97. The Morgan fingerprint density at radius 1 is 1.19 bits per heavy atom. The molecule has 1 aromatic carbocycles. The van der Waals surface area contributed by atoms with Gasteiger partial charge in [-0.05, 0) is 37.0 Å². The van der Waals surface area contributed by atoms with Crippen LogP contribution < -0.4 is 21.9 Å². The second-order valence-corrected chi connectivity index (χ2v) is 6.43. The van der Waals surface area contributed by atoms with Gasteiger partial charge in [-0.3, -0.25) is 15.0 Å². The summed E-state index contributed by atoms with van der Waals surface area (Å²) in [7, 11) is 0. The number of nitrogens with one attached hydrogen (secondary N) is 3. The predicted molar refractivity (Wildman–Crippen MR) is 99.5 cm³/mol. The van der Waals surface area contributed by atoms with E-state index in [2.05, 4.69) is 26.1 Å². The summed E-state index contributed by atoms with van der Waals surface area (Å²) in [6.07, 6.45) is 3.42. The highest BCUT2D eigenvalue weighted by Crippen LogP contribution is 2.17. The SMILES string of the molecule is Cc1cccc(Nc2nccnc2C(=O)NNC(CC(C)C)C(N)=O)c1. The number of primary amides is 1. The lowest BCUT2D eigenvalue weighted by atomic mass is 10.0. The zero-order valence-electron chi connectivity index (χ0n) is 15.1. The van der Waals surface area contributed by atoms with Crippen molar-refractivity contribution in [2.45, 2.75) is 33.2 Å². The van der Waals surface area contributed by atoms with Gasteiger partial charge in [-0.25, -0.2) is 15.4 Å². The number of carbonyl (C=O) groups is 2. The summed E-state index contributed by atoms with van der Waals surface area (Å²) >= 11 is 0. The summed E-state index contributed by atoms with van der Waals surface area (Å²) in [4.78, 5) is 32.2. The van der Waals surface area contributed by atoms with Crippen molar-refractivity contribution in [3.8, 4) is 0 Å². The zero-order chi connectivity index (χ0) is 19.1. The molecule has 0 radical (unpaired) electrons. The van der Waals surface area contributed by atoms with E-state index in [1.54, 1.807) is 0 Å². The van der Waals surface area contributed by atoms with Crippen LogP contribution in [0, 0.1) is 12.8 Å². The van der Waals surface area contributed by atoms with E-state index >= 15 is 0 Å². The van der Waals surface area contributed by atoms with Crippen LogP contribution in [0.3, 0.4) is 0 Å². The zero-order valence-corrected chi connectivity index (χ0v) is 15.1. The molecule has 8 heteroatoms. The maximum Gasteiger partial charge on any atom is 0.287 e. The Kier molecular flexibility index (Phi) is 6.62. The number of aromatic nitrogens is 2. The first-order valence-corrected chi connectivity index (χ1v) is 8.36. The second kappa shape index (κ2) is 8.91. The molecule has 5 N–H and O–H groups in total. The minimum Gasteiger partial charge on any atom is -0.368 e. The lowest BCUT2D eigenvalue weighted by molar-refractivity contribution is -0.120. The fourth-order valence-electron chi connectivity index (χ4n) is 2.38. The van der Waals surface area contributed by atoms with Crippen LogP contribution >= 0.6 is 0 Å². The molecule has 1 unspecified atom stereocenters. The fraction of sp³-hybridized carbons (Fsp3) is 0.333. The van der Waals surface area contributed by atoms with Crippen molar-refractivity contribution in [3.05, 3.63) is 47.9 Å². The van der Waals surface area contributed by atoms with E-state index in [-0.39, 0.29) is 11.6 Å². The molecule has 2 amide bonds. The number of hydrazine groups is 1. The molecule has 0 aliphatic heterocycles. The highest BCUT2D eigenvalue weighted by atomic mass is 16.2. The number of rotatable bonds is 8. The van der Waals surface area contributed by atoms with E-state index in [0.29, 0.717) is 12.2 Å². The molecule has 1 aromatic heterocycles. The van der Waals surface area contributed by atoms with Gasteiger partial charge in [0.2, 0.25) is 5.91 Å². The van der Waals surface area contributed by atoms with Gasteiger partial charge in [-0.2, -0.15) is 0 Å². The van der Waals surface area contributed by atoms with Crippen molar-refractivity contribution >= 4 is 23.3 Å². The number of hydrogen-bond donors (Lipinski definition) is 4. The van der Waals surface area contributed by atoms with Crippen LogP contribution in [0.2, 0.25) is 0 Å². The summed E-state index contributed by atoms with van der Waals surface area (Å²) < 4.78 is 0. The monoisotopic (exact) mass is 356 g/mol. The van der Waals surface area contributed by atoms with E-state index in [9.17, 15) is 9.59 Å². The summed E-state index contributed by atoms with van der Waals surface area (Å²) in [6, 6.07) is 7.01. The second-order valence-electron chi connectivity index (χ2n) is 6.43. The molecule has 1 heterocycles. The molecule has 8 nitrogen and oxygen atoms in total. The lowest BCUT2D eigenvalue weighted by Gasteiger charge is -2.18. The van der Waals surface area contributed by atoms with Gasteiger partial charge in [0.15, 0.2) is 11.5 Å². The molecule has 26 heavy (non-hydrogen) atoms. The van der Waals surface area contributed by atoms with Crippen molar-refractivity contribution in [2.75, 3.05) is 5.32 Å².